The molecule has 0 unspecified atom stereocenters. The lowest BCUT2D eigenvalue weighted by Gasteiger charge is -2.23. The van der Waals surface area contributed by atoms with E-state index < -0.39 is 0 Å². The highest BCUT2D eigenvalue weighted by molar-refractivity contribution is 5.76. The molecule has 2 rings (SSSR count). The average molecular weight is 381 g/mol. The molecule has 0 saturated carbocycles. The highest BCUT2D eigenvalue weighted by Crippen LogP contribution is 2.09. The van der Waals surface area contributed by atoms with Gasteiger partial charge in [0.25, 0.3) is 6.47 Å². The van der Waals surface area contributed by atoms with Gasteiger partial charge in [-0.1, -0.05) is 0 Å². The van der Waals surface area contributed by atoms with Crippen molar-refractivity contribution in [3.63, 3.8) is 0 Å². The number of carbonyl (C=O) groups excluding carboxylic acids is 1. The molecule has 0 aliphatic carbocycles. The van der Waals surface area contributed by atoms with Crippen LogP contribution >= 0.6 is 0 Å². The summed E-state index contributed by atoms with van der Waals surface area (Å²) < 4.78 is 5.04. The summed E-state index contributed by atoms with van der Waals surface area (Å²) in [6, 6.07) is 0. The van der Waals surface area contributed by atoms with Crippen molar-refractivity contribution in [2.24, 2.45) is 0 Å². The van der Waals surface area contributed by atoms with Gasteiger partial charge in [-0.25, -0.2) is 9.97 Å². The van der Waals surface area contributed by atoms with Crippen molar-refractivity contribution in [2.75, 3.05) is 60.5 Å². The van der Waals surface area contributed by atoms with Crippen LogP contribution in [0, 0.1) is 0 Å². The number of rotatable bonds is 8. The molecule has 1 N–H and O–H groups in total. The van der Waals surface area contributed by atoms with Crippen molar-refractivity contribution in [3.8, 4) is 0 Å². The molecular formula is C18H31N5O4. The first kappa shape index (κ1) is 22.9. The van der Waals surface area contributed by atoms with Crippen molar-refractivity contribution in [2.45, 2.75) is 19.4 Å². The second-order valence-corrected chi connectivity index (χ2v) is 6.57. The van der Waals surface area contributed by atoms with E-state index >= 15 is 0 Å². The molecule has 1 amide bonds. The number of likely N-dealkylation sites (N-methyl/N-ethyl adjacent to an activating group) is 1. The summed E-state index contributed by atoms with van der Waals surface area (Å²) >= 11 is 0. The Bertz CT molecular complexity index is 553. The number of methoxy groups -OCH3 is 1. The fraction of sp³-hybridized carbons (Fsp3) is 0.667. The van der Waals surface area contributed by atoms with E-state index in [1.165, 1.54) is 0 Å². The molecule has 1 aliphatic rings. The monoisotopic (exact) mass is 381 g/mol. The third-order valence-corrected chi connectivity index (χ3v) is 4.19. The standard InChI is InChI=1S/C17H29N5O2.CH2O2/c1-20(2)7-9-22-10-8-21(6-4-17(22)23)14-15-12-18-16(19-13-15)5-11-24-3;2-1-3/h12-13H,4-11,14H2,1-3H3;1H,(H,2,3). The molecule has 2 heterocycles. The van der Waals surface area contributed by atoms with Gasteiger partial charge in [-0.3, -0.25) is 14.5 Å². The van der Waals surface area contributed by atoms with E-state index in [-0.39, 0.29) is 12.4 Å². The van der Waals surface area contributed by atoms with Gasteiger partial charge >= 0.3 is 0 Å². The van der Waals surface area contributed by atoms with E-state index in [0.717, 1.165) is 57.1 Å². The fourth-order valence-corrected chi connectivity index (χ4v) is 2.67. The summed E-state index contributed by atoms with van der Waals surface area (Å²) in [7, 11) is 5.74. The minimum Gasteiger partial charge on any atom is -0.483 e. The molecular weight excluding hydrogens is 350 g/mol. The quantitative estimate of drug-likeness (QED) is 0.627. The van der Waals surface area contributed by atoms with Crippen molar-refractivity contribution >= 4 is 12.4 Å². The lowest BCUT2D eigenvalue weighted by Crippen LogP contribution is -2.37. The highest BCUT2D eigenvalue weighted by Gasteiger charge is 2.20. The Morgan fingerprint density at radius 1 is 1.26 bits per heavy atom. The highest BCUT2D eigenvalue weighted by atomic mass is 16.5. The lowest BCUT2D eigenvalue weighted by molar-refractivity contribution is -0.130. The number of ether oxygens (including phenoxy) is 1. The third-order valence-electron chi connectivity index (χ3n) is 4.19. The molecule has 1 fully saturated rings. The number of hydrogen-bond acceptors (Lipinski definition) is 7. The number of carbonyl (C=O) groups is 2. The average Bonchev–Trinajstić information content (AvgIpc) is 2.82. The normalized spacial score (nSPS) is 15.3. The van der Waals surface area contributed by atoms with Crippen LogP contribution in [-0.4, -0.2) is 103 Å². The number of nitrogens with zero attached hydrogens (tertiary/aromatic N) is 5. The Balaban J connectivity index is 0.00000114. The summed E-state index contributed by atoms with van der Waals surface area (Å²) in [4.78, 5) is 35.7. The molecule has 27 heavy (non-hydrogen) atoms. The van der Waals surface area contributed by atoms with Crippen LogP contribution in [0.1, 0.15) is 17.8 Å². The van der Waals surface area contributed by atoms with E-state index in [1.54, 1.807) is 7.11 Å². The molecule has 0 aromatic carbocycles. The van der Waals surface area contributed by atoms with Gasteiger partial charge in [0.1, 0.15) is 5.82 Å². The van der Waals surface area contributed by atoms with Crippen LogP contribution < -0.4 is 0 Å². The summed E-state index contributed by atoms with van der Waals surface area (Å²) in [5.41, 5.74) is 1.09. The molecule has 0 bridgehead atoms. The lowest BCUT2D eigenvalue weighted by atomic mass is 10.3. The maximum Gasteiger partial charge on any atom is 0.290 e. The summed E-state index contributed by atoms with van der Waals surface area (Å²) in [6.45, 7) is 5.36. The number of amides is 1. The number of carboxylic acid groups (broad SMARTS) is 1. The second-order valence-electron chi connectivity index (χ2n) is 6.57. The zero-order valence-electron chi connectivity index (χ0n) is 16.5. The molecule has 1 aromatic heterocycles. The predicted molar refractivity (Wildman–Crippen MR) is 101 cm³/mol. The minimum absolute atomic E-state index is 0.250. The van der Waals surface area contributed by atoms with E-state index in [2.05, 4.69) is 19.8 Å². The molecule has 1 aromatic rings. The van der Waals surface area contributed by atoms with Crippen molar-refractivity contribution < 1.29 is 19.4 Å². The molecule has 0 radical (unpaired) electrons. The van der Waals surface area contributed by atoms with E-state index in [4.69, 9.17) is 14.6 Å². The molecule has 0 atom stereocenters. The molecule has 9 nitrogen and oxygen atoms in total. The Morgan fingerprint density at radius 2 is 1.93 bits per heavy atom. The molecule has 1 saturated heterocycles. The van der Waals surface area contributed by atoms with E-state index in [1.807, 2.05) is 31.4 Å². The smallest absolute Gasteiger partial charge is 0.290 e. The zero-order valence-corrected chi connectivity index (χ0v) is 16.5. The summed E-state index contributed by atoms with van der Waals surface area (Å²) in [5, 5.41) is 6.89. The van der Waals surface area contributed by atoms with Crippen molar-refractivity contribution in [3.05, 3.63) is 23.8 Å². The Hall–Kier alpha value is -2.10. The van der Waals surface area contributed by atoms with Crippen LogP contribution in [0.3, 0.4) is 0 Å². The predicted octanol–water partition coefficient (Wildman–Crippen LogP) is -0.0378. The van der Waals surface area contributed by atoms with Crippen LogP contribution in [0.15, 0.2) is 12.4 Å². The molecule has 1 aliphatic heterocycles. The first-order chi connectivity index (χ1) is 13.0. The Labute approximate surface area is 160 Å². The van der Waals surface area contributed by atoms with Gasteiger partial charge in [-0.15, -0.1) is 0 Å². The zero-order chi connectivity index (χ0) is 20.1. The maximum absolute atomic E-state index is 12.2. The number of hydrogen-bond donors (Lipinski definition) is 1. The van der Waals surface area contributed by atoms with Crippen LogP contribution in [0.25, 0.3) is 0 Å². The summed E-state index contributed by atoms with van der Waals surface area (Å²) in [6.07, 6.45) is 5.08. The Morgan fingerprint density at radius 3 is 2.52 bits per heavy atom. The van der Waals surface area contributed by atoms with Gasteiger partial charge in [-0.2, -0.15) is 0 Å². The van der Waals surface area contributed by atoms with Crippen LogP contribution in [0.4, 0.5) is 0 Å². The van der Waals surface area contributed by atoms with Gasteiger partial charge in [0.15, 0.2) is 0 Å². The SMILES string of the molecule is COCCc1ncc(CN2CCC(=O)N(CCN(C)C)CC2)cn1.O=CO. The first-order valence-electron chi connectivity index (χ1n) is 9.01. The largest absolute Gasteiger partial charge is 0.483 e. The van der Waals surface area contributed by atoms with Gasteiger partial charge in [-0.05, 0) is 14.1 Å². The van der Waals surface area contributed by atoms with Gasteiger partial charge < -0.3 is 19.6 Å². The van der Waals surface area contributed by atoms with Gasteiger partial charge in [0, 0.05) is 77.2 Å². The summed E-state index contributed by atoms with van der Waals surface area (Å²) in [5.74, 6) is 1.06. The molecule has 0 spiro atoms. The van der Waals surface area contributed by atoms with E-state index in [0.29, 0.717) is 13.0 Å². The molecule has 152 valence electrons. The van der Waals surface area contributed by atoms with Crippen molar-refractivity contribution in [1.29, 1.82) is 0 Å². The van der Waals surface area contributed by atoms with E-state index in [9.17, 15) is 4.79 Å². The Kier molecular flexibility index (Phi) is 11.2. The first-order valence-corrected chi connectivity index (χ1v) is 9.01. The fourth-order valence-electron chi connectivity index (χ4n) is 2.67. The number of aromatic nitrogens is 2. The minimum atomic E-state index is -0.250. The van der Waals surface area contributed by atoms with Gasteiger partial charge in [0.2, 0.25) is 5.91 Å². The van der Waals surface area contributed by atoms with Crippen LogP contribution in [-0.2, 0) is 27.3 Å². The van der Waals surface area contributed by atoms with Crippen LogP contribution in [0.5, 0.6) is 0 Å². The maximum atomic E-state index is 12.2. The second kappa shape index (κ2) is 13.1. The topological polar surface area (TPSA) is 99.1 Å². The molecule has 9 heteroatoms. The van der Waals surface area contributed by atoms with Gasteiger partial charge in [0.05, 0.1) is 6.61 Å². The van der Waals surface area contributed by atoms with Crippen molar-refractivity contribution in [1.82, 2.24) is 24.7 Å². The van der Waals surface area contributed by atoms with Crippen LogP contribution in [0.2, 0.25) is 0 Å². The third kappa shape index (κ3) is 9.41.